The molecule has 1 N–H and O–H groups in total. The minimum atomic E-state index is -3.76. The maximum atomic E-state index is 14.1. The van der Waals surface area contributed by atoms with Crippen molar-refractivity contribution in [3.05, 3.63) is 50.9 Å². The van der Waals surface area contributed by atoms with Gasteiger partial charge in [-0.2, -0.15) is 0 Å². The van der Waals surface area contributed by atoms with Crippen LogP contribution in [0.25, 0.3) is 0 Å². The zero-order chi connectivity index (χ0) is 17.9. The van der Waals surface area contributed by atoms with Crippen LogP contribution in [0.2, 0.25) is 4.34 Å². The average Bonchev–Trinajstić information content (AvgIpc) is 2.97. The molecule has 0 radical (unpaired) electrons. The molecule has 0 atom stereocenters. The van der Waals surface area contributed by atoms with Gasteiger partial charge in [-0.15, -0.1) is 11.3 Å². The lowest BCUT2D eigenvalue weighted by atomic mass is 10.2. The number of thiophene rings is 1. The first kappa shape index (κ1) is 18.9. The maximum absolute atomic E-state index is 14.1. The summed E-state index contributed by atoms with van der Waals surface area (Å²) in [5.41, 5.74) is -0.282. The van der Waals surface area contributed by atoms with E-state index < -0.39 is 21.7 Å². The van der Waals surface area contributed by atoms with Gasteiger partial charge >= 0.3 is 0 Å². The van der Waals surface area contributed by atoms with Crippen molar-refractivity contribution in [2.45, 2.75) is 18.4 Å². The van der Waals surface area contributed by atoms with E-state index in [1.54, 1.807) is 19.1 Å². The normalized spacial score (nSPS) is 11.5. The highest BCUT2D eigenvalue weighted by atomic mass is 35.5. The molecule has 1 aromatic heterocycles. The number of amides is 1. The Labute approximate surface area is 149 Å². The monoisotopic (exact) mass is 390 g/mol. The van der Waals surface area contributed by atoms with E-state index in [0.29, 0.717) is 10.9 Å². The van der Waals surface area contributed by atoms with Gasteiger partial charge in [0, 0.05) is 11.4 Å². The van der Waals surface area contributed by atoms with Gasteiger partial charge in [0.25, 0.3) is 5.91 Å². The zero-order valence-electron chi connectivity index (χ0n) is 13.0. The van der Waals surface area contributed by atoms with Crippen LogP contribution in [-0.4, -0.2) is 32.8 Å². The SMILES string of the molecule is CCN(Cc1ccc(Cl)s1)C(=O)c1cc(S(=O)(=O)NC)ccc1F. The second-order valence-corrected chi connectivity index (χ2v) is 8.56. The molecule has 2 rings (SSSR count). The largest absolute Gasteiger partial charge is 0.334 e. The smallest absolute Gasteiger partial charge is 0.257 e. The first-order valence-corrected chi connectivity index (χ1v) is 9.72. The predicted molar refractivity (Wildman–Crippen MR) is 92.4 cm³/mol. The van der Waals surface area contributed by atoms with Crippen LogP contribution in [0.5, 0.6) is 0 Å². The van der Waals surface area contributed by atoms with E-state index in [2.05, 4.69) is 4.72 Å². The molecule has 0 fully saturated rings. The topological polar surface area (TPSA) is 66.5 Å². The Hall–Kier alpha value is -1.48. The molecule has 0 unspecified atom stereocenters. The van der Waals surface area contributed by atoms with Gasteiger partial charge in [-0.05, 0) is 44.3 Å². The van der Waals surface area contributed by atoms with Gasteiger partial charge in [0.1, 0.15) is 5.82 Å². The van der Waals surface area contributed by atoms with Crippen LogP contribution in [-0.2, 0) is 16.6 Å². The first-order chi connectivity index (χ1) is 11.3. The minimum Gasteiger partial charge on any atom is -0.334 e. The van der Waals surface area contributed by atoms with E-state index in [-0.39, 0.29) is 17.0 Å². The number of carbonyl (C=O) groups excluding carboxylic acids is 1. The zero-order valence-corrected chi connectivity index (χ0v) is 15.4. The molecule has 0 spiro atoms. The Kier molecular flexibility index (Phi) is 5.97. The van der Waals surface area contributed by atoms with E-state index in [9.17, 15) is 17.6 Å². The predicted octanol–water partition coefficient (Wildman–Crippen LogP) is 3.11. The van der Waals surface area contributed by atoms with Crippen LogP contribution < -0.4 is 4.72 Å². The third kappa shape index (κ3) is 4.13. The Balaban J connectivity index is 2.34. The second-order valence-electron chi connectivity index (χ2n) is 4.87. The number of benzene rings is 1. The lowest BCUT2D eigenvalue weighted by molar-refractivity contribution is 0.0749. The fourth-order valence-corrected chi connectivity index (χ4v) is 3.93. The third-order valence-corrected chi connectivity index (χ3v) is 6.02. The molecule has 130 valence electrons. The summed E-state index contributed by atoms with van der Waals surface area (Å²) < 4.78 is 40.5. The van der Waals surface area contributed by atoms with E-state index in [4.69, 9.17) is 11.6 Å². The minimum absolute atomic E-state index is 0.162. The van der Waals surface area contributed by atoms with Crippen LogP contribution >= 0.6 is 22.9 Å². The molecule has 24 heavy (non-hydrogen) atoms. The fraction of sp³-hybridized carbons (Fsp3) is 0.267. The van der Waals surface area contributed by atoms with Crippen molar-refractivity contribution in [3.63, 3.8) is 0 Å². The van der Waals surface area contributed by atoms with Gasteiger partial charge in [-0.25, -0.2) is 17.5 Å². The Morgan fingerprint density at radius 2 is 2.04 bits per heavy atom. The summed E-state index contributed by atoms with van der Waals surface area (Å²) in [7, 11) is -2.51. The standard InChI is InChI=1S/C15H16ClFN2O3S2/c1-3-19(9-10-4-7-14(16)23-10)15(20)12-8-11(5-6-13(12)17)24(21,22)18-2/h4-8,18H,3,9H2,1-2H3. The molecule has 0 saturated heterocycles. The molecular weight excluding hydrogens is 375 g/mol. The highest BCUT2D eigenvalue weighted by molar-refractivity contribution is 7.89. The van der Waals surface area contributed by atoms with Crippen molar-refractivity contribution in [3.8, 4) is 0 Å². The van der Waals surface area contributed by atoms with Crippen molar-refractivity contribution in [2.75, 3.05) is 13.6 Å². The molecule has 0 aliphatic carbocycles. The molecule has 1 heterocycles. The highest BCUT2D eigenvalue weighted by Gasteiger charge is 2.22. The Morgan fingerprint density at radius 3 is 2.58 bits per heavy atom. The van der Waals surface area contributed by atoms with Gasteiger partial charge in [0.05, 0.1) is 21.3 Å². The fourth-order valence-electron chi connectivity index (χ4n) is 2.08. The average molecular weight is 391 g/mol. The third-order valence-electron chi connectivity index (χ3n) is 3.39. The molecule has 1 aromatic carbocycles. The van der Waals surface area contributed by atoms with Crippen molar-refractivity contribution in [2.24, 2.45) is 0 Å². The van der Waals surface area contributed by atoms with E-state index in [1.807, 2.05) is 0 Å². The van der Waals surface area contributed by atoms with Gasteiger partial charge in [0.15, 0.2) is 0 Å². The number of hydrogen-bond donors (Lipinski definition) is 1. The van der Waals surface area contributed by atoms with Crippen LogP contribution in [0, 0.1) is 5.82 Å². The molecule has 0 saturated carbocycles. The van der Waals surface area contributed by atoms with Gasteiger partial charge in [-0.1, -0.05) is 11.6 Å². The molecule has 0 aliphatic heterocycles. The summed E-state index contributed by atoms with van der Waals surface area (Å²) in [6.45, 7) is 2.38. The molecule has 1 amide bonds. The summed E-state index contributed by atoms with van der Waals surface area (Å²) in [6.07, 6.45) is 0. The number of hydrogen-bond acceptors (Lipinski definition) is 4. The first-order valence-electron chi connectivity index (χ1n) is 7.05. The number of sulfonamides is 1. The summed E-state index contributed by atoms with van der Waals surface area (Å²) in [4.78, 5) is 14.7. The highest BCUT2D eigenvalue weighted by Crippen LogP contribution is 2.24. The van der Waals surface area contributed by atoms with Gasteiger partial charge < -0.3 is 4.90 Å². The lowest BCUT2D eigenvalue weighted by Gasteiger charge is -2.20. The maximum Gasteiger partial charge on any atom is 0.257 e. The second kappa shape index (κ2) is 7.60. The quantitative estimate of drug-likeness (QED) is 0.824. The van der Waals surface area contributed by atoms with Crippen LogP contribution in [0.15, 0.2) is 35.2 Å². The molecule has 9 heteroatoms. The molecule has 5 nitrogen and oxygen atoms in total. The summed E-state index contributed by atoms with van der Waals surface area (Å²) in [6, 6.07) is 6.66. The molecule has 0 aliphatic rings. The number of rotatable bonds is 6. The molecular formula is C15H16ClFN2O3S2. The molecule has 2 aromatic rings. The summed E-state index contributed by atoms with van der Waals surface area (Å²) in [5.74, 6) is -1.34. The molecule has 0 bridgehead atoms. The number of carbonyl (C=O) groups is 1. The van der Waals surface area contributed by atoms with Gasteiger partial charge in [-0.3, -0.25) is 4.79 Å². The van der Waals surface area contributed by atoms with E-state index in [1.165, 1.54) is 23.3 Å². The summed E-state index contributed by atoms with van der Waals surface area (Å²) in [5, 5.41) is 0. The van der Waals surface area contributed by atoms with Crippen molar-refractivity contribution < 1.29 is 17.6 Å². The van der Waals surface area contributed by atoms with Crippen molar-refractivity contribution >= 4 is 38.9 Å². The summed E-state index contributed by atoms with van der Waals surface area (Å²) >= 11 is 7.21. The Bertz CT molecular complexity index is 852. The number of halogens is 2. The number of nitrogens with one attached hydrogen (secondary N) is 1. The van der Waals surface area contributed by atoms with Gasteiger partial charge in [0.2, 0.25) is 10.0 Å². The van der Waals surface area contributed by atoms with Crippen LogP contribution in [0.4, 0.5) is 4.39 Å². The van der Waals surface area contributed by atoms with E-state index in [0.717, 1.165) is 23.1 Å². The van der Waals surface area contributed by atoms with Crippen LogP contribution in [0.3, 0.4) is 0 Å². The lowest BCUT2D eigenvalue weighted by Crippen LogP contribution is -2.31. The van der Waals surface area contributed by atoms with Crippen LogP contribution in [0.1, 0.15) is 22.2 Å². The van der Waals surface area contributed by atoms with Crippen molar-refractivity contribution in [1.82, 2.24) is 9.62 Å². The van der Waals surface area contributed by atoms with Crippen molar-refractivity contribution in [1.29, 1.82) is 0 Å². The number of nitrogens with zero attached hydrogens (tertiary/aromatic N) is 1. The Morgan fingerprint density at radius 1 is 1.33 bits per heavy atom. The van der Waals surface area contributed by atoms with E-state index >= 15 is 0 Å².